The van der Waals surface area contributed by atoms with Gasteiger partial charge < -0.3 is 10.0 Å². The van der Waals surface area contributed by atoms with E-state index in [0.717, 1.165) is 10.6 Å². The van der Waals surface area contributed by atoms with Crippen LogP contribution in [0.3, 0.4) is 0 Å². The molecule has 1 amide bonds. The van der Waals surface area contributed by atoms with E-state index >= 15 is 0 Å². The first kappa shape index (κ1) is 11.8. The van der Waals surface area contributed by atoms with Gasteiger partial charge in [-0.1, -0.05) is 11.6 Å². The van der Waals surface area contributed by atoms with Gasteiger partial charge in [-0.05, 0) is 18.2 Å². The number of thiol groups is 1. The highest BCUT2D eigenvalue weighted by atomic mass is 35.5. The van der Waals surface area contributed by atoms with Crippen LogP contribution in [0.4, 0.5) is 5.69 Å². The number of anilines is 1. The molecule has 1 fully saturated rings. The van der Waals surface area contributed by atoms with Gasteiger partial charge in [0, 0.05) is 35.4 Å². The largest absolute Gasteiger partial charge is 0.396 e. The molecule has 1 N–H and O–H groups in total. The number of nitrogens with zero attached hydrogens (tertiary/aromatic N) is 1. The monoisotopic (exact) mass is 257 g/mol. The number of rotatable bonds is 2. The maximum absolute atomic E-state index is 11.7. The normalized spacial score (nSPS) is 20.6. The van der Waals surface area contributed by atoms with Crippen LogP contribution in [-0.2, 0) is 4.79 Å². The van der Waals surface area contributed by atoms with Gasteiger partial charge in [0.25, 0.3) is 0 Å². The highest BCUT2D eigenvalue weighted by Crippen LogP contribution is 2.32. The Morgan fingerprint density at radius 1 is 1.56 bits per heavy atom. The van der Waals surface area contributed by atoms with Crippen molar-refractivity contribution in [3.8, 4) is 0 Å². The summed E-state index contributed by atoms with van der Waals surface area (Å²) >= 11 is 10.2. The molecule has 5 heteroatoms. The molecule has 0 aliphatic carbocycles. The number of amides is 1. The SMILES string of the molecule is O=C1CC(CO)CN1c1cc(Cl)ccc1S. The van der Waals surface area contributed by atoms with E-state index in [1.165, 1.54) is 0 Å². The molecule has 16 heavy (non-hydrogen) atoms. The Kier molecular flexibility index (Phi) is 3.42. The zero-order valence-electron chi connectivity index (χ0n) is 8.56. The average molecular weight is 258 g/mol. The molecule has 0 aromatic heterocycles. The number of carbonyl (C=O) groups is 1. The van der Waals surface area contributed by atoms with Crippen LogP contribution < -0.4 is 4.90 Å². The van der Waals surface area contributed by atoms with Crippen molar-refractivity contribution in [2.75, 3.05) is 18.1 Å². The molecule has 1 aromatic carbocycles. The van der Waals surface area contributed by atoms with Crippen molar-refractivity contribution >= 4 is 35.8 Å². The minimum absolute atomic E-state index is 0.0108. The Morgan fingerprint density at radius 2 is 2.31 bits per heavy atom. The summed E-state index contributed by atoms with van der Waals surface area (Å²) in [4.78, 5) is 14.1. The quantitative estimate of drug-likeness (QED) is 0.796. The molecule has 0 radical (unpaired) electrons. The number of hydrogen-bond donors (Lipinski definition) is 2. The second kappa shape index (κ2) is 4.65. The smallest absolute Gasteiger partial charge is 0.227 e. The number of benzene rings is 1. The summed E-state index contributed by atoms with van der Waals surface area (Å²) in [6.45, 7) is 0.563. The summed E-state index contributed by atoms with van der Waals surface area (Å²) in [6.07, 6.45) is 0.385. The third-order valence-electron chi connectivity index (χ3n) is 2.69. The molecule has 1 saturated heterocycles. The molecule has 1 aliphatic rings. The summed E-state index contributed by atoms with van der Waals surface area (Å²) < 4.78 is 0. The average Bonchev–Trinajstić information content (AvgIpc) is 2.63. The Hall–Kier alpha value is -0.710. The van der Waals surface area contributed by atoms with Gasteiger partial charge in [0.2, 0.25) is 5.91 Å². The van der Waals surface area contributed by atoms with Crippen molar-refractivity contribution < 1.29 is 9.90 Å². The van der Waals surface area contributed by atoms with Gasteiger partial charge in [0.05, 0.1) is 5.69 Å². The molecule has 0 saturated carbocycles. The number of hydrogen-bond acceptors (Lipinski definition) is 3. The van der Waals surface area contributed by atoms with Crippen LogP contribution >= 0.6 is 24.2 Å². The van der Waals surface area contributed by atoms with Crippen molar-refractivity contribution in [2.24, 2.45) is 5.92 Å². The van der Waals surface area contributed by atoms with Crippen LogP contribution in [0.1, 0.15) is 6.42 Å². The topological polar surface area (TPSA) is 40.5 Å². The summed E-state index contributed by atoms with van der Waals surface area (Å²) in [5, 5.41) is 9.63. The molecule has 1 atom stereocenters. The molecule has 1 aromatic rings. The van der Waals surface area contributed by atoms with Crippen molar-refractivity contribution in [2.45, 2.75) is 11.3 Å². The Bertz CT molecular complexity index is 424. The number of halogens is 1. The van der Waals surface area contributed by atoms with Crippen LogP contribution in [0.15, 0.2) is 23.1 Å². The zero-order chi connectivity index (χ0) is 11.7. The maximum atomic E-state index is 11.7. The van der Waals surface area contributed by atoms with Crippen LogP contribution in [-0.4, -0.2) is 24.2 Å². The van der Waals surface area contributed by atoms with E-state index < -0.39 is 0 Å². The summed E-state index contributed by atoms with van der Waals surface area (Å²) in [6, 6.07) is 5.22. The van der Waals surface area contributed by atoms with Gasteiger partial charge in [0.15, 0.2) is 0 Å². The van der Waals surface area contributed by atoms with Gasteiger partial charge in [-0.2, -0.15) is 0 Å². The zero-order valence-corrected chi connectivity index (χ0v) is 10.2. The maximum Gasteiger partial charge on any atom is 0.227 e. The van der Waals surface area contributed by atoms with Crippen LogP contribution in [0, 0.1) is 5.92 Å². The predicted octanol–water partition coefficient (Wildman–Crippen LogP) is 1.97. The van der Waals surface area contributed by atoms with Crippen LogP contribution in [0.2, 0.25) is 5.02 Å². The van der Waals surface area contributed by atoms with E-state index in [0.29, 0.717) is 18.0 Å². The van der Waals surface area contributed by atoms with E-state index in [4.69, 9.17) is 16.7 Å². The third-order valence-corrected chi connectivity index (χ3v) is 3.30. The first-order valence-electron chi connectivity index (χ1n) is 5.01. The fourth-order valence-electron chi connectivity index (χ4n) is 1.85. The lowest BCUT2D eigenvalue weighted by Crippen LogP contribution is -2.25. The second-order valence-electron chi connectivity index (χ2n) is 3.89. The Balaban J connectivity index is 2.30. The lowest BCUT2D eigenvalue weighted by Gasteiger charge is -2.18. The summed E-state index contributed by atoms with van der Waals surface area (Å²) in [5.74, 6) is 0.0239. The highest BCUT2D eigenvalue weighted by Gasteiger charge is 2.30. The van der Waals surface area contributed by atoms with Gasteiger partial charge in [-0.25, -0.2) is 0 Å². The first-order valence-corrected chi connectivity index (χ1v) is 5.84. The summed E-state index contributed by atoms with van der Waals surface area (Å²) in [5.41, 5.74) is 0.719. The number of aliphatic hydroxyl groups is 1. The lowest BCUT2D eigenvalue weighted by atomic mass is 10.1. The molecule has 0 spiro atoms. The molecular weight excluding hydrogens is 246 g/mol. The van der Waals surface area contributed by atoms with E-state index in [9.17, 15) is 4.79 Å². The van der Waals surface area contributed by atoms with Crippen molar-refractivity contribution in [1.82, 2.24) is 0 Å². The minimum atomic E-state index is 0.0108. The predicted molar refractivity (Wildman–Crippen MR) is 66.2 cm³/mol. The van der Waals surface area contributed by atoms with E-state index in [1.54, 1.807) is 23.1 Å². The van der Waals surface area contributed by atoms with E-state index in [-0.39, 0.29) is 18.4 Å². The van der Waals surface area contributed by atoms with Crippen molar-refractivity contribution in [1.29, 1.82) is 0 Å². The van der Waals surface area contributed by atoms with E-state index in [2.05, 4.69) is 12.6 Å². The molecule has 1 unspecified atom stereocenters. The fourth-order valence-corrected chi connectivity index (χ4v) is 2.28. The molecule has 2 rings (SSSR count). The number of aliphatic hydroxyl groups excluding tert-OH is 1. The van der Waals surface area contributed by atoms with Gasteiger partial charge >= 0.3 is 0 Å². The van der Waals surface area contributed by atoms with E-state index in [1.807, 2.05) is 0 Å². The molecule has 0 bridgehead atoms. The minimum Gasteiger partial charge on any atom is -0.396 e. The fraction of sp³-hybridized carbons (Fsp3) is 0.364. The standard InChI is InChI=1S/C11H12ClNO2S/c12-8-1-2-10(16)9(4-8)13-5-7(6-14)3-11(13)15/h1-2,4,7,14,16H,3,5-6H2. The molecule has 3 nitrogen and oxygen atoms in total. The third kappa shape index (κ3) is 2.19. The number of carbonyl (C=O) groups excluding carboxylic acids is 1. The Labute approximate surface area is 104 Å². The van der Waals surface area contributed by atoms with Gasteiger partial charge in [-0.15, -0.1) is 12.6 Å². The van der Waals surface area contributed by atoms with Crippen molar-refractivity contribution in [3.63, 3.8) is 0 Å². The first-order chi connectivity index (χ1) is 7.61. The van der Waals surface area contributed by atoms with Gasteiger partial charge in [-0.3, -0.25) is 4.79 Å². The van der Waals surface area contributed by atoms with Crippen LogP contribution in [0.25, 0.3) is 0 Å². The second-order valence-corrected chi connectivity index (χ2v) is 4.81. The lowest BCUT2D eigenvalue weighted by molar-refractivity contribution is -0.117. The highest BCUT2D eigenvalue weighted by molar-refractivity contribution is 7.80. The molecular formula is C11H12ClNO2S. The molecule has 86 valence electrons. The van der Waals surface area contributed by atoms with Crippen molar-refractivity contribution in [3.05, 3.63) is 23.2 Å². The molecule has 1 heterocycles. The molecule has 1 aliphatic heterocycles. The van der Waals surface area contributed by atoms with Crippen LogP contribution in [0.5, 0.6) is 0 Å². The van der Waals surface area contributed by atoms with Gasteiger partial charge in [0.1, 0.15) is 0 Å². The Morgan fingerprint density at radius 3 is 2.94 bits per heavy atom. The summed E-state index contributed by atoms with van der Waals surface area (Å²) in [7, 11) is 0.